The lowest BCUT2D eigenvalue weighted by Gasteiger charge is -2.12. The van der Waals surface area contributed by atoms with E-state index in [1.165, 1.54) is 23.0 Å². The van der Waals surface area contributed by atoms with Crippen molar-refractivity contribution in [3.05, 3.63) is 46.9 Å². The van der Waals surface area contributed by atoms with Crippen molar-refractivity contribution >= 4 is 23.2 Å². The van der Waals surface area contributed by atoms with E-state index in [0.717, 1.165) is 11.8 Å². The summed E-state index contributed by atoms with van der Waals surface area (Å²) in [7, 11) is 0. The quantitative estimate of drug-likeness (QED) is 0.668. The molecule has 0 aliphatic rings. The number of fused-ring (bicyclic) bond motifs is 1. The van der Waals surface area contributed by atoms with Crippen LogP contribution in [0.15, 0.2) is 30.6 Å². The predicted octanol–water partition coefficient (Wildman–Crippen LogP) is 3.98. The van der Waals surface area contributed by atoms with Gasteiger partial charge >= 0.3 is 6.36 Å². The van der Waals surface area contributed by atoms with Gasteiger partial charge in [-0.3, -0.25) is 0 Å². The minimum atomic E-state index is -4.75. The second-order valence-electron chi connectivity index (χ2n) is 6.00. The first kappa shape index (κ1) is 21.7. The SMILES string of the molecule is CC(C)O.Cc1cc(NCc2ccc(OC(F)(F)F)cc2Cl)n2ncnc2n1. The molecule has 152 valence electrons. The number of aliphatic hydroxyl groups excluding tert-OH is 1. The highest BCUT2D eigenvalue weighted by atomic mass is 35.5. The number of benzene rings is 1. The summed E-state index contributed by atoms with van der Waals surface area (Å²) in [6.07, 6.45) is -3.54. The monoisotopic (exact) mass is 417 g/mol. The number of nitrogens with zero attached hydrogens (tertiary/aromatic N) is 4. The number of alkyl halides is 3. The minimum Gasteiger partial charge on any atom is -0.406 e. The Bertz CT molecular complexity index is 928. The molecule has 0 fully saturated rings. The van der Waals surface area contributed by atoms with E-state index in [1.54, 1.807) is 19.9 Å². The van der Waals surface area contributed by atoms with Crippen LogP contribution in [0.1, 0.15) is 25.1 Å². The highest BCUT2D eigenvalue weighted by Crippen LogP contribution is 2.28. The van der Waals surface area contributed by atoms with Crippen LogP contribution < -0.4 is 10.1 Å². The lowest BCUT2D eigenvalue weighted by Crippen LogP contribution is -2.17. The van der Waals surface area contributed by atoms with Gasteiger partial charge in [-0.25, -0.2) is 4.98 Å². The van der Waals surface area contributed by atoms with Crippen LogP contribution >= 0.6 is 11.6 Å². The van der Waals surface area contributed by atoms with Crippen LogP contribution in [0.2, 0.25) is 5.02 Å². The van der Waals surface area contributed by atoms with Crippen molar-refractivity contribution in [2.24, 2.45) is 0 Å². The number of halogens is 4. The smallest absolute Gasteiger partial charge is 0.406 e. The minimum absolute atomic E-state index is 0.157. The van der Waals surface area contributed by atoms with Crippen molar-refractivity contribution in [2.45, 2.75) is 39.8 Å². The van der Waals surface area contributed by atoms with E-state index in [0.29, 0.717) is 17.2 Å². The van der Waals surface area contributed by atoms with Crippen molar-refractivity contribution in [1.82, 2.24) is 19.6 Å². The number of anilines is 1. The Morgan fingerprint density at radius 3 is 2.57 bits per heavy atom. The molecular weight excluding hydrogens is 399 g/mol. The number of hydrogen-bond donors (Lipinski definition) is 2. The average Bonchev–Trinajstić information content (AvgIpc) is 3.00. The fourth-order valence-corrected chi connectivity index (χ4v) is 2.35. The fraction of sp³-hybridized carbons (Fsp3) is 0.353. The zero-order chi connectivity index (χ0) is 20.9. The van der Waals surface area contributed by atoms with Crippen molar-refractivity contribution in [3.8, 4) is 5.75 Å². The van der Waals surface area contributed by atoms with Gasteiger partial charge in [0.25, 0.3) is 5.78 Å². The summed E-state index contributed by atoms with van der Waals surface area (Å²) in [4.78, 5) is 8.22. The van der Waals surface area contributed by atoms with E-state index in [2.05, 4.69) is 25.1 Å². The third-order valence-electron chi connectivity index (χ3n) is 3.10. The normalized spacial score (nSPS) is 11.3. The van der Waals surface area contributed by atoms with Crippen molar-refractivity contribution in [1.29, 1.82) is 0 Å². The number of ether oxygens (including phenoxy) is 1. The first-order chi connectivity index (χ1) is 13.0. The van der Waals surface area contributed by atoms with Crippen LogP contribution in [0.4, 0.5) is 19.0 Å². The third kappa shape index (κ3) is 6.54. The Morgan fingerprint density at radius 1 is 1.29 bits per heavy atom. The predicted molar refractivity (Wildman–Crippen MR) is 98.3 cm³/mol. The van der Waals surface area contributed by atoms with Gasteiger partial charge in [-0.05, 0) is 38.5 Å². The number of aryl methyl sites for hydroxylation is 1. The standard InChI is InChI=1S/C14H11ClF3N5O.C3H8O/c1-8-4-12(23-13(22-8)20-7-21-23)19-6-9-2-3-10(5-11(9)15)24-14(16,17)18;1-3(2)4/h2-5,7,19H,6H2,1H3;3-4H,1-2H3. The summed E-state index contributed by atoms with van der Waals surface area (Å²) in [6.45, 7) is 5.54. The van der Waals surface area contributed by atoms with Crippen LogP contribution in [-0.4, -0.2) is 37.2 Å². The van der Waals surface area contributed by atoms with Gasteiger partial charge in [0, 0.05) is 29.4 Å². The molecule has 28 heavy (non-hydrogen) atoms. The Morgan fingerprint density at radius 2 is 1.96 bits per heavy atom. The number of aromatic nitrogens is 4. The fourth-order valence-electron chi connectivity index (χ4n) is 2.11. The molecule has 2 heterocycles. The van der Waals surface area contributed by atoms with Crippen LogP contribution in [0.3, 0.4) is 0 Å². The zero-order valence-electron chi connectivity index (χ0n) is 15.3. The number of nitrogens with one attached hydrogen (secondary N) is 1. The van der Waals surface area contributed by atoms with Crippen molar-refractivity contribution < 1.29 is 23.0 Å². The lowest BCUT2D eigenvalue weighted by atomic mass is 10.2. The largest absolute Gasteiger partial charge is 0.573 e. The molecule has 3 aromatic rings. The van der Waals surface area contributed by atoms with Gasteiger partial charge in [-0.1, -0.05) is 17.7 Å². The molecule has 1 aromatic carbocycles. The van der Waals surface area contributed by atoms with Gasteiger partial charge in [0.1, 0.15) is 17.9 Å². The maximum atomic E-state index is 12.2. The van der Waals surface area contributed by atoms with E-state index in [-0.39, 0.29) is 23.4 Å². The Labute approximate surface area is 164 Å². The molecule has 0 radical (unpaired) electrons. The molecule has 0 spiro atoms. The van der Waals surface area contributed by atoms with E-state index in [1.807, 2.05) is 6.92 Å². The summed E-state index contributed by atoms with van der Waals surface area (Å²) in [5.74, 6) is 0.717. The lowest BCUT2D eigenvalue weighted by molar-refractivity contribution is -0.274. The van der Waals surface area contributed by atoms with Gasteiger partial charge in [0.15, 0.2) is 0 Å². The summed E-state index contributed by atoms with van der Waals surface area (Å²) in [6, 6.07) is 5.56. The molecule has 0 aliphatic carbocycles. The average molecular weight is 418 g/mol. The second-order valence-corrected chi connectivity index (χ2v) is 6.41. The first-order valence-electron chi connectivity index (χ1n) is 8.18. The van der Waals surface area contributed by atoms with Crippen molar-refractivity contribution in [2.75, 3.05) is 5.32 Å². The van der Waals surface area contributed by atoms with Gasteiger partial charge in [0.2, 0.25) is 0 Å². The third-order valence-corrected chi connectivity index (χ3v) is 3.45. The molecule has 0 saturated carbocycles. The number of hydrogen-bond acceptors (Lipinski definition) is 6. The van der Waals surface area contributed by atoms with Gasteiger partial charge in [-0.15, -0.1) is 13.2 Å². The zero-order valence-corrected chi connectivity index (χ0v) is 16.1. The molecule has 2 N–H and O–H groups in total. The van der Waals surface area contributed by atoms with Crippen LogP contribution in [0.5, 0.6) is 5.75 Å². The van der Waals surface area contributed by atoms with E-state index in [9.17, 15) is 13.2 Å². The molecule has 0 saturated heterocycles. The molecular formula is C17H19ClF3N5O2. The summed E-state index contributed by atoms with van der Waals surface area (Å²) >= 11 is 6.02. The summed E-state index contributed by atoms with van der Waals surface area (Å²) in [5, 5.41) is 15.4. The Kier molecular flexibility index (Phi) is 7.03. The molecule has 0 bridgehead atoms. The van der Waals surface area contributed by atoms with Gasteiger partial charge in [-0.2, -0.15) is 14.6 Å². The van der Waals surface area contributed by atoms with E-state index < -0.39 is 6.36 Å². The maximum absolute atomic E-state index is 12.2. The molecule has 11 heteroatoms. The molecule has 2 aromatic heterocycles. The molecule has 0 amide bonds. The molecule has 0 unspecified atom stereocenters. The van der Waals surface area contributed by atoms with Crippen LogP contribution in [0.25, 0.3) is 5.78 Å². The first-order valence-corrected chi connectivity index (χ1v) is 8.56. The molecule has 7 nitrogen and oxygen atoms in total. The highest BCUT2D eigenvalue weighted by molar-refractivity contribution is 6.31. The molecule has 3 rings (SSSR count). The second kappa shape index (κ2) is 9.07. The van der Waals surface area contributed by atoms with Crippen molar-refractivity contribution in [3.63, 3.8) is 0 Å². The Balaban J connectivity index is 0.000000640. The number of aliphatic hydroxyl groups is 1. The van der Waals surface area contributed by atoms with Crippen LogP contribution in [0, 0.1) is 6.92 Å². The van der Waals surface area contributed by atoms with E-state index in [4.69, 9.17) is 16.7 Å². The van der Waals surface area contributed by atoms with Gasteiger partial charge < -0.3 is 15.2 Å². The maximum Gasteiger partial charge on any atom is 0.573 e. The van der Waals surface area contributed by atoms with E-state index >= 15 is 0 Å². The Hall–Kier alpha value is -2.59. The van der Waals surface area contributed by atoms with Crippen LogP contribution in [-0.2, 0) is 6.54 Å². The topological polar surface area (TPSA) is 84.6 Å². The van der Waals surface area contributed by atoms with Gasteiger partial charge in [0.05, 0.1) is 0 Å². The number of rotatable bonds is 4. The highest BCUT2D eigenvalue weighted by Gasteiger charge is 2.31. The molecule has 0 aliphatic heterocycles. The summed E-state index contributed by atoms with van der Waals surface area (Å²) < 4.78 is 41.9. The summed E-state index contributed by atoms with van der Waals surface area (Å²) in [5.41, 5.74) is 1.35. The molecule has 0 atom stereocenters.